The van der Waals surface area contributed by atoms with Crippen LogP contribution >= 0.6 is 12.2 Å². The van der Waals surface area contributed by atoms with Crippen molar-refractivity contribution in [1.82, 2.24) is 5.32 Å². The lowest BCUT2D eigenvalue weighted by molar-refractivity contribution is -0.884. The SMILES string of the molecule is C[NH+]1CCCCC1.N#CC1C(=O)NC(=S)C(=C=[N-])C12CCCC2. The molecule has 2 heterocycles. The molecular formula is C17H24N4OS. The maximum atomic E-state index is 11.7. The van der Waals surface area contributed by atoms with Crippen molar-refractivity contribution < 1.29 is 9.69 Å². The third kappa shape index (κ3) is 3.69. The van der Waals surface area contributed by atoms with Crippen LogP contribution in [0.25, 0.3) is 5.41 Å². The minimum atomic E-state index is -0.767. The van der Waals surface area contributed by atoms with E-state index in [0.717, 1.165) is 12.8 Å². The third-order valence-corrected chi connectivity index (χ3v) is 5.53. The van der Waals surface area contributed by atoms with Crippen LogP contribution in [0.15, 0.2) is 5.57 Å². The van der Waals surface area contributed by atoms with Crippen molar-refractivity contribution in [2.45, 2.75) is 44.9 Å². The molecule has 1 saturated carbocycles. The summed E-state index contributed by atoms with van der Waals surface area (Å²) in [4.78, 5) is 13.6. The van der Waals surface area contributed by atoms with Crippen molar-refractivity contribution in [2.24, 2.45) is 11.3 Å². The zero-order valence-electron chi connectivity index (χ0n) is 13.7. The van der Waals surface area contributed by atoms with Crippen molar-refractivity contribution >= 4 is 29.0 Å². The monoisotopic (exact) mass is 332 g/mol. The molecule has 3 rings (SSSR count). The Labute approximate surface area is 143 Å². The summed E-state index contributed by atoms with van der Waals surface area (Å²) in [7, 11) is 2.28. The molecule has 0 radical (unpaired) electrons. The van der Waals surface area contributed by atoms with Gasteiger partial charge in [-0.25, -0.2) is 0 Å². The zero-order chi connectivity index (χ0) is 16.9. The van der Waals surface area contributed by atoms with Gasteiger partial charge in [-0.3, -0.25) is 10.7 Å². The first-order chi connectivity index (χ1) is 11.0. The minimum Gasteiger partial charge on any atom is -0.763 e. The van der Waals surface area contributed by atoms with Crippen LogP contribution in [-0.4, -0.2) is 36.9 Å². The standard InChI is InChI=1S/C11H10N3OS.C6H13N/c12-5-7-9(15)14-10(16)8(6-13)11(7)3-1-2-4-11;1-7-5-3-2-4-6-7/h7H,1-4H2,(H,14,15,16);2-6H2,1H3/q-1;/p+1. The smallest absolute Gasteiger partial charge is 0.243 e. The Morgan fingerprint density at radius 2 is 1.87 bits per heavy atom. The molecule has 1 amide bonds. The fourth-order valence-electron chi connectivity index (χ4n) is 3.91. The van der Waals surface area contributed by atoms with Gasteiger partial charge in [0.05, 0.1) is 26.2 Å². The van der Waals surface area contributed by atoms with Gasteiger partial charge in [-0.05, 0) is 32.1 Å². The molecule has 1 spiro atoms. The molecule has 1 aliphatic carbocycles. The lowest BCUT2D eigenvalue weighted by Gasteiger charge is -2.39. The van der Waals surface area contributed by atoms with E-state index in [4.69, 9.17) is 22.9 Å². The Kier molecular flexibility index (Phi) is 6.06. The van der Waals surface area contributed by atoms with Gasteiger partial charge in [0.25, 0.3) is 0 Å². The summed E-state index contributed by atoms with van der Waals surface area (Å²) < 4.78 is 0. The van der Waals surface area contributed by atoms with Gasteiger partial charge >= 0.3 is 0 Å². The van der Waals surface area contributed by atoms with Crippen molar-refractivity contribution in [1.29, 1.82) is 5.26 Å². The highest BCUT2D eigenvalue weighted by molar-refractivity contribution is 7.80. The van der Waals surface area contributed by atoms with Gasteiger partial charge in [0, 0.05) is 11.0 Å². The number of rotatable bonds is 0. The maximum Gasteiger partial charge on any atom is 0.243 e. The largest absolute Gasteiger partial charge is 0.763 e. The number of nitrogens with one attached hydrogen (secondary N) is 2. The second-order valence-electron chi connectivity index (χ2n) is 6.75. The number of hydrogen-bond acceptors (Lipinski definition) is 3. The van der Waals surface area contributed by atoms with Crippen LogP contribution in [0.5, 0.6) is 0 Å². The van der Waals surface area contributed by atoms with E-state index in [9.17, 15) is 4.79 Å². The Hall–Kier alpha value is -1.54. The van der Waals surface area contributed by atoms with Crippen LogP contribution in [0, 0.1) is 22.7 Å². The third-order valence-electron chi connectivity index (χ3n) is 5.22. The number of thiocarbonyl (C=S) groups is 1. The second kappa shape index (κ2) is 7.83. The molecule has 0 aromatic heterocycles. The summed E-state index contributed by atoms with van der Waals surface area (Å²) in [5.41, 5.74) is -0.186. The van der Waals surface area contributed by atoms with Gasteiger partial charge in [-0.2, -0.15) is 5.26 Å². The Morgan fingerprint density at radius 1 is 1.26 bits per heavy atom. The normalized spacial score (nSPS) is 26.8. The van der Waals surface area contributed by atoms with Crippen LogP contribution in [0.3, 0.4) is 0 Å². The van der Waals surface area contributed by atoms with E-state index in [1.807, 2.05) is 6.07 Å². The number of nitriles is 1. The maximum absolute atomic E-state index is 11.7. The number of hydrogen-bond donors (Lipinski definition) is 2. The van der Waals surface area contributed by atoms with Gasteiger partial charge in [0.2, 0.25) is 5.91 Å². The molecule has 0 aromatic carbocycles. The first kappa shape index (κ1) is 17.8. The molecule has 3 fully saturated rings. The summed E-state index contributed by atoms with van der Waals surface area (Å²) in [6.45, 7) is 2.81. The zero-order valence-corrected chi connectivity index (χ0v) is 14.5. The van der Waals surface area contributed by atoms with Gasteiger partial charge < -0.3 is 15.6 Å². The highest BCUT2D eigenvalue weighted by Gasteiger charge is 2.52. The Balaban J connectivity index is 0.000000229. The number of amides is 1. The van der Waals surface area contributed by atoms with Crippen LogP contribution in [0.2, 0.25) is 0 Å². The van der Waals surface area contributed by atoms with Crippen molar-refractivity contribution in [3.05, 3.63) is 11.0 Å². The van der Waals surface area contributed by atoms with E-state index in [1.165, 1.54) is 32.4 Å². The molecule has 0 aromatic rings. The molecule has 3 aliphatic rings. The summed E-state index contributed by atoms with van der Waals surface area (Å²) in [6, 6.07) is 2.03. The van der Waals surface area contributed by atoms with E-state index in [1.54, 1.807) is 4.90 Å². The molecular weight excluding hydrogens is 308 g/mol. The Morgan fingerprint density at radius 3 is 2.30 bits per heavy atom. The number of quaternary nitrogens is 1. The van der Waals surface area contributed by atoms with Crippen LogP contribution in [0.4, 0.5) is 0 Å². The summed E-state index contributed by atoms with van der Waals surface area (Å²) >= 11 is 5.01. The van der Waals surface area contributed by atoms with E-state index in [-0.39, 0.29) is 10.9 Å². The topological polar surface area (TPSA) is 79.6 Å². The molecule has 2 saturated heterocycles. The molecule has 2 aliphatic heterocycles. The number of piperidine rings is 2. The number of carbonyl (C=O) groups excluding carboxylic acids is 1. The Bertz CT molecular complexity index is 562. The van der Waals surface area contributed by atoms with Crippen LogP contribution < -0.4 is 10.2 Å². The van der Waals surface area contributed by atoms with E-state index < -0.39 is 11.3 Å². The van der Waals surface area contributed by atoms with Crippen molar-refractivity contribution in [3.63, 3.8) is 0 Å². The molecule has 2 N–H and O–H groups in total. The van der Waals surface area contributed by atoms with E-state index in [0.29, 0.717) is 18.4 Å². The highest BCUT2D eigenvalue weighted by Crippen LogP contribution is 2.50. The fraction of sp³-hybridized carbons (Fsp3) is 0.706. The van der Waals surface area contributed by atoms with Gasteiger partial charge in [0.15, 0.2) is 0 Å². The quantitative estimate of drug-likeness (QED) is 0.394. The number of carbonyl (C=O) groups is 1. The lowest BCUT2D eigenvalue weighted by Crippen LogP contribution is -3.09. The van der Waals surface area contributed by atoms with Crippen LogP contribution in [0.1, 0.15) is 44.9 Å². The first-order valence-corrected chi connectivity index (χ1v) is 8.79. The number of likely N-dealkylation sites (tertiary alicyclic amines) is 1. The summed E-state index contributed by atoms with van der Waals surface area (Å²) in [6.07, 6.45) is 7.68. The average Bonchev–Trinajstić information content (AvgIpc) is 2.99. The number of nitrogens with zero attached hydrogens (tertiary/aromatic N) is 2. The molecule has 1 unspecified atom stereocenters. The van der Waals surface area contributed by atoms with Crippen molar-refractivity contribution in [3.8, 4) is 6.07 Å². The second-order valence-corrected chi connectivity index (χ2v) is 7.16. The first-order valence-electron chi connectivity index (χ1n) is 8.39. The van der Waals surface area contributed by atoms with Crippen LogP contribution in [-0.2, 0) is 4.79 Å². The van der Waals surface area contributed by atoms with E-state index in [2.05, 4.69) is 18.2 Å². The average molecular weight is 332 g/mol. The van der Waals surface area contributed by atoms with Gasteiger partial charge in [-0.1, -0.05) is 25.1 Å². The minimum absolute atomic E-state index is 0.209. The molecule has 23 heavy (non-hydrogen) atoms. The predicted molar refractivity (Wildman–Crippen MR) is 93.1 cm³/mol. The van der Waals surface area contributed by atoms with Gasteiger partial charge in [0.1, 0.15) is 10.9 Å². The molecule has 5 nitrogen and oxygen atoms in total. The molecule has 124 valence electrons. The lowest BCUT2D eigenvalue weighted by atomic mass is 9.67. The molecule has 6 heteroatoms. The van der Waals surface area contributed by atoms with Crippen molar-refractivity contribution in [2.75, 3.05) is 20.1 Å². The van der Waals surface area contributed by atoms with E-state index >= 15 is 0 Å². The predicted octanol–water partition coefficient (Wildman–Crippen LogP) is 0.994. The van der Waals surface area contributed by atoms with Gasteiger partial charge in [-0.15, -0.1) is 0 Å². The molecule has 0 bridgehead atoms. The fourth-order valence-corrected chi connectivity index (χ4v) is 4.26. The molecule has 1 atom stereocenters. The summed E-state index contributed by atoms with van der Waals surface area (Å²) in [5.74, 6) is 0.960. The highest BCUT2D eigenvalue weighted by atomic mass is 32.1. The summed E-state index contributed by atoms with van der Waals surface area (Å²) in [5, 5.41) is 20.7.